The lowest BCUT2D eigenvalue weighted by molar-refractivity contribution is -0.151. The normalized spacial score (nSPS) is 22.5. The third-order valence-electron chi connectivity index (χ3n) is 5.90. The molecular formula is C24H46O6. The fraction of sp³-hybridized carbons (Fsp3) is 0.958. The van der Waals surface area contributed by atoms with Crippen molar-refractivity contribution in [2.24, 2.45) is 5.92 Å². The highest BCUT2D eigenvalue weighted by atomic mass is 16.6. The SMILES string of the molecule is CC(C)CCCCCCCCCCCCCCC(=O)OCC(O)[C@H]1OC[C@@H](O)[C@@H]1O. The number of hydrogen-bond donors (Lipinski definition) is 3. The Morgan fingerprint density at radius 1 is 0.900 bits per heavy atom. The quantitative estimate of drug-likeness (QED) is 0.223. The number of carbonyl (C=O) groups excluding carboxylic acids is 1. The van der Waals surface area contributed by atoms with Crippen LogP contribution in [0, 0.1) is 5.92 Å². The summed E-state index contributed by atoms with van der Waals surface area (Å²) in [5, 5.41) is 29.0. The highest BCUT2D eigenvalue weighted by molar-refractivity contribution is 5.69. The second-order valence-electron chi connectivity index (χ2n) is 9.28. The van der Waals surface area contributed by atoms with Crippen LogP contribution >= 0.6 is 0 Å². The van der Waals surface area contributed by atoms with Crippen LogP contribution in [0.5, 0.6) is 0 Å². The first-order chi connectivity index (χ1) is 14.4. The monoisotopic (exact) mass is 430 g/mol. The summed E-state index contributed by atoms with van der Waals surface area (Å²) in [4.78, 5) is 11.8. The lowest BCUT2D eigenvalue weighted by Gasteiger charge is -2.20. The van der Waals surface area contributed by atoms with Gasteiger partial charge in [0, 0.05) is 6.42 Å². The van der Waals surface area contributed by atoms with Crippen LogP contribution in [0.15, 0.2) is 0 Å². The molecule has 1 fully saturated rings. The van der Waals surface area contributed by atoms with Gasteiger partial charge in [-0.1, -0.05) is 90.9 Å². The summed E-state index contributed by atoms with van der Waals surface area (Å²) in [5.41, 5.74) is 0. The van der Waals surface area contributed by atoms with E-state index in [4.69, 9.17) is 9.47 Å². The van der Waals surface area contributed by atoms with Crippen LogP contribution in [0.25, 0.3) is 0 Å². The Labute approximate surface area is 183 Å². The molecule has 0 radical (unpaired) electrons. The second kappa shape index (κ2) is 16.9. The van der Waals surface area contributed by atoms with E-state index in [-0.39, 0.29) is 19.2 Å². The molecule has 4 atom stereocenters. The van der Waals surface area contributed by atoms with Crippen molar-refractivity contribution in [3.8, 4) is 0 Å². The van der Waals surface area contributed by atoms with Crippen molar-refractivity contribution in [1.29, 1.82) is 0 Å². The molecule has 0 bridgehead atoms. The number of carbonyl (C=O) groups is 1. The summed E-state index contributed by atoms with van der Waals surface area (Å²) in [6.45, 7) is 4.36. The predicted molar refractivity (Wildman–Crippen MR) is 118 cm³/mol. The highest BCUT2D eigenvalue weighted by Gasteiger charge is 2.39. The Bertz CT molecular complexity index is 428. The average molecular weight is 431 g/mol. The Morgan fingerprint density at radius 2 is 1.40 bits per heavy atom. The van der Waals surface area contributed by atoms with Crippen molar-refractivity contribution in [3.63, 3.8) is 0 Å². The van der Waals surface area contributed by atoms with Gasteiger partial charge in [-0.25, -0.2) is 0 Å². The van der Waals surface area contributed by atoms with Crippen molar-refractivity contribution in [2.45, 2.75) is 128 Å². The van der Waals surface area contributed by atoms with E-state index in [1.54, 1.807) is 0 Å². The third kappa shape index (κ3) is 12.9. The smallest absolute Gasteiger partial charge is 0.305 e. The van der Waals surface area contributed by atoms with Crippen molar-refractivity contribution in [3.05, 3.63) is 0 Å². The molecule has 0 aromatic carbocycles. The first kappa shape index (κ1) is 27.3. The molecule has 1 aliphatic rings. The second-order valence-corrected chi connectivity index (χ2v) is 9.28. The third-order valence-corrected chi connectivity index (χ3v) is 5.90. The van der Waals surface area contributed by atoms with E-state index < -0.39 is 24.4 Å². The molecule has 0 aromatic rings. The number of aliphatic hydroxyl groups is 3. The summed E-state index contributed by atoms with van der Waals surface area (Å²) in [6.07, 6.45) is 12.6. The van der Waals surface area contributed by atoms with Crippen molar-refractivity contribution < 1.29 is 29.6 Å². The van der Waals surface area contributed by atoms with Crippen molar-refractivity contribution in [1.82, 2.24) is 0 Å². The van der Waals surface area contributed by atoms with Gasteiger partial charge in [-0.3, -0.25) is 4.79 Å². The van der Waals surface area contributed by atoms with E-state index in [0.717, 1.165) is 25.2 Å². The minimum Gasteiger partial charge on any atom is -0.463 e. The van der Waals surface area contributed by atoms with Gasteiger partial charge in [-0.05, 0) is 12.3 Å². The Hall–Kier alpha value is -0.690. The predicted octanol–water partition coefficient (Wildman–Crippen LogP) is 4.13. The summed E-state index contributed by atoms with van der Waals surface area (Å²) in [7, 11) is 0. The van der Waals surface area contributed by atoms with Gasteiger partial charge in [-0.2, -0.15) is 0 Å². The summed E-state index contributed by atoms with van der Waals surface area (Å²) in [6, 6.07) is 0. The molecule has 1 aliphatic heterocycles. The molecule has 1 unspecified atom stereocenters. The zero-order chi connectivity index (χ0) is 22.2. The molecule has 0 amide bonds. The van der Waals surface area contributed by atoms with Gasteiger partial charge in [0.25, 0.3) is 0 Å². The minimum absolute atomic E-state index is 0.0186. The van der Waals surface area contributed by atoms with Crippen LogP contribution in [0.1, 0.15) is 104 Å². The molecule has 30 heavy (non-hydrogen) atoms. The zero-order valence-electron chi connectivity index (χ0n) is 19.3. The van der Waals surface area contributed by atoms with Crippen LogP contribution in [0.2, 0.25) is 0 Å². The lowest BCUT2D eigenvalue weighted by Crippen LogP contribution is -2.41. The number of unbranched alkanes of at least 4 members (excludes halogenated alkanes) is 11. The van der Waals surface area contributed by atoms with Crippen LogP contribution in [0.4, 0.5) is 0 Å². The summed E-state index contributed by atoms with van der Waals surface area (Å²) in [5.74, 6) is 0.501. The van der Waals surface area contributed by atoms with E-state index in [0.29, 0.717) is 6.42 Å². The summed E-state index contributed by atoms with van der Waals surface area (Å²) >= 11 is 0. The number of hydrogen-bond acceptors (Lipinski definition) is 6. The maximum absolute atomic E-state index is 11.8. The van der Waals surface area contributed by atoms with Gasteiger partial charge in [0.2, 0.25) is 0 Å². The van der Waals surface area contributed by atoms with Crippen molar-refractivity contribution in [2.75, 3.05) is 13.2 Å². The topological polar surface area (TPSA) is 96.2 Å². The Balaban J connectivity index is 1.84. The van der Waals surface area contributed by atoms with Crippen LogP contribution in [-0.2, 0) is 14.3 Å². The molecule has 3 N–H and O–H groups in total. The van der Waals surface area contributed by atoms with Gasteiger partial charge in [-0.15, -0.1) is 0 Å². The number of esters is 1. The molecule has 178 valence electrons. The number of aliphatic hydroxyl groups excluding tert-OH is 3. The molecule has 0 aliphatic carbocycles. The van der Waals surface area contributed by atoms with Crippen molar-refractivity contribution >= 4 is 5.97 Å². The molecule has 6 heteroatoms. The largest absolute Gasteiger partial charge is 0.463 e. The van der Waals surface area contributed by atoms with Crippen LogP contribution in [-0.4, -0.2) is 58.9 Å². The Morgan fingerprint density at radius 3 is 1.87 bits per heavy atom. The number of ether oxygens (including phenoxy) is 2. The molecule has 1 heterocycles. The van der Waals surface area contributed by atoms with Crippen LogP contribution in [0.3, 0.4) is 0 Å². The molecule has 6 nitrogen and oxygen atoms in total. The fourth-order valence-electron chi connectivity index (χ4n) is 3.90. The first-order valence-corrected chi connectivity index (χ1v) is 12.2. The first-order valence-electron chi connectivity index (χ1n) is 12.2. The molecular weight excluding hydrogens is 384 g/mol. The number of rotatable bonds is 18. The molecule has 1 rings (SSSR count). The molecule has 0 spiro atoms. The van der Waals surface area contributed by atoms with E-state index in [1.165, 1.54) is 64.2 Å². The maximum Gasteiger partial charge on any atom is 0.305 e. The standard InChI is InChI=1S/C24H46O6/c1-19(2)15-13-11-9-7-5-3-4-6-8-10-12-14-16-22(27)29-18-21(26)24-23(28)20(25)17-30-24/h19-21,23-26,28H,3-18H2,1-2H3/t20-,21?,23+,24-/m1/s1. The highest BCUT2D eigenvalue weighted by Crippen LogP contribution is 2.18. The molecule has 0 aromatic heterocycles. The molecule has 1 saturated heterocycles. The van der Waals surface area contributed by atoms with Crippen LogP contribution < -0.4 is 0 Å². The minimum atomic E-state index is -1.14. The van der Waals surface area contributed by atoms with E-state index >= 15 is 0 Å². The molecule has 0 saturated carbocycles. The van der Waals surface area contributed by atoms with Gasteiger partial charge in [0.05, 0.1) is 6.61 Å². The summed E-state index contributed by atoms with van der Waals surface area (Å²) < 4.78 is 10.2. The fourth-order valence-corrected chi connectivity index (χ4v) is 3.90. The van der Waals surface area contributed by atoms with Gasteiger partial charge in [0.15, 0.2) is 0 Å². The lowest BCUT2D eigenvalue weighted by atomic mass is 10.0. The van der Waals surface area contributed by atoms with E-state index in [9.17, 15) is 20.1 Å². The van der Waals surface area contributed by atoms with Gasteiger partial charge >= 0.3 is 5.97 Å². The van der Waals surface area contributed by atoms with Gasteiger partial charge < -0.3 is 24.8 Å². The Kier molecular flexibility index (Phi) is 15.4. The maximum atomic E-state index is 11.8. The zero-order valence-corrected chi connectivity index (χ0v) is 19.3. The van der Waals surface area contributed by atoms with E-state index in [1.807, 2.05) is 0 Å². The van der Waals surface area contributed by atoms with Gasteiger partial charge in [0.1, 0.15) is 31.0 Å². The van der Waals surface area contributed by atoms with E-state index in [2.05, 4.69) is 13.8 Å². The average Bonchev–Trinajstić information content (AvgIpc) is 3.04.